The van der Waals surface area contributed by atoms with E-state index in [9.17, 15) is 29.4 Å². The second-order valence-corrected chi connectivity index (χ2v) is 14.4. The molecule has 2 amide bonds. The molecule has 0 aliphatic carbocycles. The number of rotatable bonds is 12. The molecule has 0 radical (unpaired) electrons. The second kappa shape index (κ2) is 15.8. The van der Waals surface area contributed by atoms with Gasteiger partial charge in [0, 0.05) is 41.8 Å². The first-order valence-electron chi connectivity index (χ1n) is 19.0. The zero-order chi connectivity index (χ0) is 40.4. The molecule has 1 aliphatic heterocycles. The van der Waals surface area contributed by atoms with Crippen LogP contribution in [0.3, 0.4) is 0 Å². The number of aliphatic hydroxyl groups is 2. The van der Waals surface area contributed by atoms with E-state index in [1.165, 1.54) is 14.3 Å². The summed E-state index contributed by atoms with van der Waals surface area (Å²) in [6.07, 6.45) is 6.48. The van der Waals surface area contributed by atoms with Crippen molar-refractivity contribution < 1.29 is 19.8 Å². The number of hydrogen-bond acceptors (Lipinski definition) is 8. The van der Waals surface area contributed by atoms with Crippen molar-refractivity contribution in [3.05, 3.63) is 183 Å². The van der Waals surface area contributed by atoms with Crippen LogP contribution in [0.5, 0.6) is 0 Å². The molecular weight excluding hydrogens is 733 g/mol. The Morgan fingerprint density at radius 3 is 2.02 bits per heavy atom. The van der Waals surface area contributed by atoms with Crippen molar-refractivity contribution in [3.63, 3.8) is 0 Å². The third kappa shape index (κ3) is 6.99. The Morgan fingerprint density at radius 1 is 0.759 bits per heavy atom. The van der Waals surface area contributed by atoms with E-state index in [1.54, 1.807) is 103 Å². The molecule has 0 bridgehead atoms. The number of fused-ring (bicyclic) bond motifs is 3. The van der Waals surface area contributed by atoms with Gasteiger partial charge in [-0.1, -0.05) is 97.9 Å². The molecule has 2 N–H and O–H groups in total. The van der Waals surface area contributed by atoms with Crippen molar-refractivity contribution in [3.8, 4) is 11.4 Å². The molecule has 1 aliphatic rings. The highest BCUT2D eigenvalue weighted by molar-refractivity contribution is 6.07. The minimum Gasteiger partial charge on any atom is -0.395 e. The van der Waals surface area contributed by atoms with Gasteiger partial charge < -0.3 is 20.0 Å². The standard InChI is InChI=1S/C46H40N6O6/c1-31(11-9-20-42(54)49(23-24-53)29-32-12-3-2-4-13-32)46(58)40-26-37(52-44(56)39-19-8-6-16-35(39)28-48-52)21-22-41(40)50(45(46)57)30-33-14-10-17-36(25-33)51-43(55)38-18-7-5-15-34(38)27-47-51/h2-19,21-22,25-28,31,53,58H,20,23-24,29-30H2,1H3/b11-9+/t31-,46+/m1/s1. The Kier molecular flexibility index (Phi) is 10.4. The monoisotopic (exact) mass is 772 g/mol. The van der Waals surface area contributed by atoms with Gasteiger partial charge in [0.25, 0.3) is 17.0 Å². The maximum absolute atomic E-state index is 14.7. The maximum Gasteiger partial charge on any atom is 0.279 e. The number of anilines is 1. The molecule has 12 heteroatoms. The normalized spacial score (nSPS) is 15.6. The molecule has 7 aromatic rings. The fourth-order valence-corrected chi connectivity index (χ4v) is 7.60. The van der Waals surface area contributed by atoms with Gasteiger partial charge in [-0.05, 0) is 53.6 Å². The zero-order valence-corrected chi connectivity index (χ0v) is 31.7. The van der Waals surface area contributed by atoms with Crippen molar-refractivity contribution in [1.82, 2.24) is 24.5 Å². The van der Waals surface area contributed by atoms with Crippen molar-refractivity contribution >= 4 is 39.0 Å². The number of aromatic nitrogens is 4. The summed E-state index contributed by atoms with van der Waals surface area (Å²) in [5.41, 5.74) is 0.437. The van der Waals surface area contributed by atoms with E-state index in [-0.39, 0.29) is 48.7 Å². The van der Waals surface area contributed by atoms with Crippen LogP contribution in [0.1, 0.15) is 30.0 Å². The molecule has 58 heavy (non-hydrogen) atoms. The molecule has 0 unspecified atom stereocenters. The number of carbonyl (C=O) groups is 2. The van der Waals surface area contributed by atoms with Crippen LogP contribution in [0.15, 0.2) is 155 Å². The third-order valence-corrected chi connectivity index (χ3v) is 10.7. The lowest BCUT2D eigenvalue weighted by atomic mass is 9.82. The van der Waals surface area contributed by atoms with Crippen molar-refractivity contribution in [2.45, 2.75) is 32.0 Å². The fraction of sp³-hybridized carbons (Fsp3) is 0.174. The van der Waals surface area contributed by atoms with Crippen LogP contribution in [-0.4, -0.2) is 59.6 Å². The van der Waals surface area contributed by atoms with Crippen molar-refractivity contribution in [2.75, 3.05) is 18.1 Å². The van der Waals surface area contributed by atoms with Gasteiger partial charge in [0.05, 0.1) is 53.4 Å². The van der Waals surface area contributed by atoms with Crippen LogP contribution in [0.2, 0.25) is 0 Å². The summed E-state index contributed by atoms with van der Waals surface area (Å²) in [6, 6.07) is 36.0. The van der Waals surface area contributed by atoms with Gasteiger partial charge in [0.15, 0.2) is 5.60 Å². The lowest BCUT2D eigenvalue weighted by Crippen LogP contribution is -2.44. The lowest BCUT2D eigenvalue weighted by molar-refractivity contribution is -0.139. The van der Waals surface area contributed by atoms with E-state index in [0.717, 1.165) is 10.9 Å². The van der Waals surface area contributed by atoms with Gasteiger partial charge in [0.1, 0.15) is 0 Å². The predicted octanol–water partition coefficient (Wildman–Crippen LogP) is 5.42. The van der Waals surface area contributed by atoms with Crippen LogP contribution in [0.4, 0.5) is 5.69 Å². The SMILES string of the molecule is C[C@H](/C=C/CC(=O)N(CCO)Cc1ccccc1)[C@@]1(O)C(=O)N(Cc2cccc(-n3ncc4ccccc4c3=O)c2)c2ccc(-n3ncc4ccccc4c3=O)cc21. The molecule has 0 saturated carbocycles. The third-order valence-electron chi connectivity index (χ3n) is 10.7. The van der Waals surface area contributed by atoms with Crippen LogP contribution in [0.25, 0.3) is 32.9 Å². The van der Waals surface area contributed by atoms with Crippen LogP contribution < -0.4 is 16.0 Å². The molecule has 12 nitrogen and oxygen atoms in total. The van der Waals surface area contributed by atoms with Gasteiger partial charge in [-0.15, -0.1) is 0 Å². The van der Waals surface area contributed by atoms with E-state index >= 15 is 0 Å². The number of amides is 2. The number of carbonyl (C=O) groups excluding carboxylic acids is 2. The Bertz CT molecular complexity index is 2840. The molecule has 0 spiro atoms. The van der Waals surface area contributed by atoms with Gasteiger partial charge in [-0.25, -0.2) is 0 Å². The van der Waals surface area contributed by atoms with E-state index in [0.29, 0.717) is 45.3 Å². The maximum atomic E-state index is 14.7. The quantitative estimate of drug-likeness (QED) is 0.156. The summed E-state index contributed by atoms with van der Waals surface area (Å²) in [4.78, 5) is 58.1. The minimum absolute atomic E-state index is 0.0244. The Morgan fingerprint density at radius 2 is 1.36 bits per heavy atom. The topological polar surface area (TPSA) is 151 Å². The average Bonchev–Trinajstić information content (AvgIpc) is 3.46. The van der Waals surface area contributed by atoms with E-state index in [2.05, 4.69) is 10.2 Å². The highest BCUT2D eigenvalue weighted by Gasteiger charge is 2.52. The lowest BCUT2D eigenvalue weighted by Gasteiger charge is -2.28. The highest BCUT2D eigenvalue weighted by Crippen LogP contribution is 2.46. The van der Waals surface area contributed by atoms with E-state index < -0.39 is 17.4 Å². The molecule has 8 rings (SSSR count). The Labute approximate surface area is 333 Å². The van der Waals surface area contributed by atoms with Gasteiger partial charge in [-0.3, -0.25) is 19.2 Å². The summed E-state index contributed by atoms with van der Waals surface area (Å²) >= 11 is 0. The molecule has 3 heterocycles. The van der Waals surface area contributed by atoms with Gasteiger partial charge in [0.2, 0.25) is 5.91 Å². The molecule has 290 valence electrons. The molecule has 0 fully saturated rings. The molecule has 0 saturated heterocycles. The summed E-state index contributed by atoms with van der Waals surface area (Å²) in [5, 5.41) is 33.5. The number of hydrogen-bond donors (Lipinski definition) is 2. The minimum atomic E-state index is -2.10. The summed E-state index contributed by atoms with van der Waals surface area (Å²) in [5.74, 6) is -1.66. The van der Waals surface area contributed by atoms with E-state index in [4.69, 9.17) is 0 Å². The summed E-state index contributed by atoms with van der Waals surface area (Å²) in [6.45, 7) is 2.02. The molecule has 2 aromatic heterocycles. The summed E-state index contributed by atoms with van der Waals surface area (Å²) < 4.78 is 2.56. The molecule has 2 atom stereocenters. The first-order valence-corrected chi connectivity index (χ1v) is 19.0. The number of aliphatic hydroxyl groups excluding tert-OH is 1. The largest absolute Gasteiger partial charge is 0.395 e. The van der Waals surface area contributed by atoms with Crippen LogP contribution >= 0.6 is 0 Å². The van der Waals surface area contributed by atoms with Crippen LogP contribution in [-0.2, 0) is 28.3 Å². The first-order chi connectivity index (χ1) is 28.2. The molecule has 5 aromatic carbocycles. The predicted molar refractivity (Wildman–Crippen MR) is 222 cm³/mol. The van der Waals surface area contributed by atoms with Crippen molar-refractivity contribution in [2.24, 2.45) is 5.92 Å². The van der Waals surface area contributed by atoms with Gasteiger partial charge in [-0.2, -0.15) is 19.6 Å². The van der Waals surface area contributed by atoms with Gasteiger partial charge >= 0.3 is 0 Å². The molecular formula is C46H40N6O6. The average molecular weight is 773 g/mol. The smallest absolute Gasteiger partial charge is 0.279 e. The Balaban J connectivity index is 1.13. The Hall–Kier alpha value is -7.02. The zero-order valence-electron chi connectivity index (χ0n) is 31.7. The van der Waals surface area contributed by atoms with E-state index in [1.807, 2.05) is 54.6 Å². The second-order valence-electron chi connectivity index (χ2n) is 14.4. The number of nitrogens with zero attached hydrogens (tertiary/aromatic N) is 6. The highest BCUT2D eigenvalue weighted by atomic mass is 16.3. The van der Waals surface area contributed by atoms with Crippen LogP contribution in [0, 0.1) is 5.92 Å². The number of benzene rings is 5. The van der Waals surface area contributed by atoms with Crippen molar-refractivity contribution in [1.29, 1.82) is 0 Å². The first kappa shape index (κ1) is 37.9. The fourth-order valence-electron chi connectivity index (χ4n) is 7.60. The summed E-state index contributed by atoms with van der Waals surface area (Å²) in [7, 11) is 0.